The summed E-state index contributed by atoms with van der Waals surface area (Å²) in [4.78, 5) is 13.8. The molecule has 1 aliphatic heterocycles. The highest BCUT2D eigenvalue weighted by Crippen LogP contribution is 2.47. The summed E-state index contributed by atoms with van der Waals surface area (Å²) < 4.78 is 4.90. The number of likely N-dealkylation sites (tertiary alicyclic amines) is 1. The molecular formula is C11H21ClN2O2. The lowest BCUT2D eigenvalue weighted by Gasteiger charge is -2.38. The Morgan fingerprint density at radius 3 is 2.62 bits per heavy atom. The Balaban J connectivity index is 0.00000128. The quantitative estimate of drug-likeness (QED) is 0.803. The van der Waals surface area contributed by atoms with Gasteiger partial charge in [0.25, 0.3) is 0 Å². The van der Waals surface area contributed by atoms with Gasteiger partial charge in [0.1, 0.15) is 6.04 Å². The molecule has 1 unspecified atom stereocenters. The minimum absolute atomic E-state index is 0. The van der Waals surface area contributed by atoms with Gasteiger partial charge in [-0.05, 0) is 24.7 Å². The summed E-state index contributed by atoms with van der Waals surface area (Å²) in [6.07, 6.45) is 5.07. The predicted molar refractivity (Wildman–Crippen MR) is 64.6 cm³/mol. The number of hydrogen-bond donors (Lipinski definition) is 1. The molecule has 1 saturated heterocycles. The van der Waals surface area contributed by atoms with Crippen molar-refractivity contribution in [3.8, 4) is 0 Å². The van der Waals surface area contributed by atoms with Crippen molar-refractivity contribution in [1.82, 2.24) is 4.90 Å². The maximum Gasteiger partial charge on any atom is 0.241 e. The highest BCUT2D eigenvalue weighted by atomic mass is 35.5. The van der Waals surface area contributed by atoms with E-state index in [-0.39, 0.29) is 18.3 Å². The molecule has 5 heteroatoms. The number of amides is 1. The minimum atomic E-state index is -0.481. The first-order chi connectivity index (χ1) is 7.17. The van der Waals surface area contributed by atoms with Crippen LogP contribution in [0.3, 0.4) is 0 Å². The number of nitrogens with two attached hydrogens (primary N) is 1. The molecule has 1 spiro atoms. The fourth-order valence-corrected chi connectivity index (χ4v) is 2.69. The summed E-state index contributed by atoms with van der Waals surface area (Å²) in [6, 6.07) is -0.481. The smallest absolute Gasteiger partial charge is 0.241 e. The zero-order valence-electron chi connectivity index (χ0n) is 9.78. The Morgan fingerprint density at radius 1 is 1.50 bits per heavy atom. The highest BCUT2D eigenvalue weighted by molar-refractivity contribution is 5.85. The number of carbonyl (C=O) groups is 1. The van der Waals surface area contributed by atoms with E-state index in [9.17, 15) is 4.79 Å². The minimum Gasteiger partial charge on any atom is -0.383 e. The first-order valence-electron chi connectivity index (χ1n) is 5.70. The number of hydrogen-bond acceptors (Lipinski definition) is 3. The van der Waals surface area contributed by atoms with Gasteiger partial charge >= 0.3 is 0 Å². The zero-order valence-corrected chi connectivity index (χ0v) is 10.6. The number of ether oxygens (including phenoxy) is 1. The molecule has 0 aromatic carbocycles. The first kappa shape index (κ1) is 13.7. The third-order valence-electron chi connectivity index (χ3n) is 3.83. The van der Waals surface area contributed by atoms with Gasteiger partial charge in [-0.15, -0.1) is 12.4 Å². The van der Waals surface area contributed by atoms with E-state index in [1.54, 1.807) is 7.11 Å². The third-order valence-corrected chi connectivity index (χ3v) is 3.83. The second-order valence-electron chi connectivity index (χ2n) is 4.93. The average molecular weight is 249 g/mol. The molecular weight excluding hydrogens is 228 g/mol. The lowest BCUT2D eigenvalue weighted by Crippen LogP contribution is -2.46. The van der Waals surface area contributed by atoms with E-state index in [1.165, 1.54) is 25.7 Å². The van der Waals surface area contributed by atoms with Crippen molar-refractivity contribution in [1.29, 1.82) is 0 Å². The second kappa shape index (κ2) is 5.34. The normalized spacial score (nSPS) is 23.8. The van der Waals surface area contributed by atoms with Gasteiger partial charge < -0.3 is 15.4 Å². The van der Waals surface area contributed by atoms with E-state index >= 15 is 0 Å². The van der Waals surface area contributed by atoms with Gasteiger partial charge in [-0.25, -0.2) is 0 Å². The van der Waals surface area contributed by atoms with Crippen molar-refractivity contribution in [2.75, 3.05) is 26.8 Å². The molecule has 1 saturated carbocycles. The summed E-state index contributed by atoms with van der Waals surface area (Å²) in [6.45, 7) is 2.13. The fourth-order valence-electron chi connectivity index (χ4n) is 2.69. The molecule has 2 rings (SSSR count). The molecule has 2 fully saturated rings. The molecule has 1 heterocycles. The molecule has 1 amide bonds. The van der Waals surface area contributed by atoms with E-state index in [1.807, 2.05) is 4.90 Å². The number of methoxy groups -OCH3 is 1. The van der Waals surface area contributed by atoms with Crippen LogP contribution in [-0.4, -0.2) is 43.7 Å². The van der Waals surface area contributed by atoms with E-state index in [2.05, 4.69) is 0 Å². The Morgan fingerprint density at radius 2 is 2.19 bits per heavy atom. The predicted octanol–water partition coefficient (Wildman–Crippen LogP) is 0.784. The van der Waals surface area contributed by atoms with E-state index in [4.69, 9.17) is 10.5 Å². The van der Waals surface area contributed by atoms with Gasteiger partial charge in [0.2, 0.25) is 5.91 Å². The van der Waals surface area contributed by atoms with Gasteiger partial charge in [-0.1, -0.05) is 6.42 Å². The molecule has 0 aromatic heterocycles. The molecule has 2 aliphatic rings. The summed E-state index contributed by atoms with van der Waals surface area (Å²) in [5, 5.41) is 0. The van der Waals surface area contributed by atoms with Crippen molar-refractivity contribution >= 4 is 18.3 Å². The van der Waals surface area contributed by atoms with Gasteiger partial charge in [0, 0.05) is 20.2 Å². The molecule has 1 atom stereocenters. The van der Waals surface area contributed by atoms with Crippen molar-refractivity contribution in [2.24, 2.45) is 11.1 Å². The molecule has 94 valence electrons. The van der Waals surface area contributed by atoms with Crippen LogP contribution in [0.2, 0.25) is 0 Å². The Kier molecular flexibility index (Phi) is 4.59. The number of nitrogens with zero attached hydrogens (tertiary/aromatic N) is 1. The van der Waals surface area contributed by atoms with Crippen LogP contribution in [0, 0.1) is 5.41 Å². The molecule has 0 bridgehead atoms. The molecule has 16 heavy (non-hydrogen) atoms. The van der Waals surface area contributed by atoms with Crippen LogP contribution >= 0.6 is 12.4 Å². The fraction of sp³-hybridized carbons (Fsp3) is 0.909. The van der Waals surface area contributed by atoms with Gasteiger partial charge in [0.05, 0.1) is 6.61 Å². The van der Waals surface area contributed by atoms with Crippen molar-refractivity contribution in [3.63, 3.8) is 0 Å². The van der Waals surface area contributed by atoms with Gasteiger partial charge in [0.15, 0.2) is 0 Å². The monoisotopic (exact) mass is 248 g/mol. The molecule has 2 N–H and O–H groups in total. The van der Waals surface area contributed by atoms with Crippen LogP contribution in [-0.2, 0) is 9.53 Å². The Labute approximate surface area is 103 Å². The van der Waals surface area contributed by atoms with Crippen molar-refractivity contribution in [3.05, 3.63) is 0 Å². The van der Waals surface area contributed by atoms with Gasteiger partial charge in [-0.3, -0.25) is 4.79 Å². The van der Waals surface area contributed by atoms with Crippen LogP contribution in [0.5, 0.6) is 0 Å². The van der Waals surface area contributed by atoms with Crippen molar-refractivity contribution < 1.29 is 9.53 Å². The summed E-state index contributed by atoms with van der Waals surface area (Å²) >= 11 is 0. The third kappa shape index (κ3) is 2.50. The zero-order chi connectivity index (χ0) is 10.9. The molecule has 0 radical (unpaired) electrons. The number of carbonyl (C=O) groups excluding carboxylic acids is 1. The van der Waals surface area contributed by atoms with Crippen LogP contribution in [0.15, 0.2) is 0 Å². The van der Waals surface area contributed by atoms with Crippen molar-refractivity contribution in [2.45, 2.75) is 31.7 Å². The Bertz CT molecular complexity index is 256. The van der Waals surface area contributed by atoms with E-state index < -0.39 is 6.04 Å². The van der Waals surface area contributed by atoms with Crippen LogP contribution < -0.4 is 5.73 Å². The maximum atomic E-state index is 11.9. The molecule has 1 aliphatic carbocycles. The van der Waals surface area contributed by atoms with E-state index in [0.29, 0.717) is 12.0 Å². The summed E-state index contributed by atoms with van der Waals surface area (Å²) in [7, 11) is 1.57. The molecule has 0 aromatic rings. The summed E-state index contributed by atoms with van der Waals surface area (Å²) in [5.74, 6) is 0.0561. The summed E-state index contributed by atoms with van der Waals surface area (Å²) in [5.41, 5.74) is 6.20. The lowest BCUT2D eigenvalue weighted by atomic mass is 9.68. The topological polar surface area (TPSA) is 55.6 Å². The van der Waals surface area contributed by atoms with E-state index in [0.717, 1.165) is 13.1 Å². The SMILES string of the molecule is COCC(N)C(=O)N1CCC2(CCC2)C1.Cl. The highest BCUT2D eigenvalue weighted by Gasteiger charge is 2.44. The molecule has 4 nitrogen and oxygen atoms in total. The second-order valence-corrected chi connectivity index (χ2v) is 4.93. The first-order valence-corrected chi connectivity index (χ1v) is 5.70. The standard InChI is InChI=1S/C11H20N2O2.ClH/c1-15-7-9(12)10(14)13-6-5-11(8-13)3-2-4-11;/h9H,2-8,12H2,1H3;1H. The van der Waals surface area contributed by atoms with Crippen LogP contribution in [0.25, 0.3) is 0 Å². The largest absolute Gasteiger partial charge is 0.383 e. The maximum absolute atomic E-state index is 11.9. The average Bonchev–Trinajstić information content (AvgIpc) is 2.61. The number of rotatable bonds is 3. The van der Waals surface area contributed by atoms with Crippen LogP contribution in [0.4, 0.5) is 0 Å². The van der Waals surface area contributed by atoms with Crippen LogP contribution in [0.1, 0.15) is 25.7 Å². The number of halogens is 1. The lowest BCUT2D eigenvalue weighted by molar-refractivity contribution is -0.133. The van der Waals surface area contributed by atoms with Gasteiger partial charge in [-0.2, -0.15) is 0 Å². The Hall–Kier alpha value is -0.320.